The molecule has 3 rings (SSSR count). The summed E-state index contributed by atoms with van der Waals surface area (Å²) in [5, 5.41) is 14.0. The van der Waals surface area contributed by atoms with Crippen LogP contribution in [0.1, 0.15) is 47.5 Å². The first-order valence-electron chi connectivity index (χ1n) is 10.4. The van der Waals surface area contributed by atoms with E-state index in [1.165, 1.54) is 35.6 Å². The quantitative estimate of drug-likeness (QED) is 0.329. The smallest absolute Gasteiger partial charge is 0.344 e. The van der Waals surface area contributed by atoms with Crippen LogP contribution in [0.5, 0.6) is 5.75 Å². The molecule has 0 aliphatic heterocycles. The molecule has 1 aromatic heterocycles. The van der Waals surface area contributed by atoms with Crippen LogP contribution in [0, 0.1) is 10.1 Å². The number of thiophene rings is 1. The third-order valence-corrected chi connectivity index (χ3v) is 5.95. The number of esters is 2. The highest BCUT2D eigenvalue weighted by atomic mass is 32.1. The highest BCUT2D eigenvalue weighted by molar-refractivity contribution is 7.17. The number of fused-ring (bicyclic) bond motifs is 1. The molecule has 11 heteroatoms. The summed E-state index contributed by atoms with van der Waals surface area (Å²) in [4.78, 5) is 48.4. The van der Waals surface area contributed by atoms with E-state index in [2.05, 4.69) is 5.32 Å². The molecule has 176 valence electrons. The van der Waals surface area contributed by atoms with Gasteiger partial charge < -0.3 is 19.5 Å². The van der Waals surface area contributed by atoms with Crippen LogP contribution >= 0.6 is 11.3 Å². The van der Waals surface area contributed by atoms with Crippen molar-refractivity contribution in [2.75, 3.05) is 18.5 Å². The Morgan fingerprint density at radius 3 is 2.61 bits per heavy atom. The maximum absolute atomic E-state index is 12.6. The average molecular weight is 477 g/mol. The van der Waals surface area contributed by atoms with E-state index >= 15 is 0 Å². The van der Waals surface area contributed by atoms with Crippen LogP contribution in [0.4, 0.5) is 10.7 Å². The molecule has 1 N–H and O–H groups in total. The topological polar surface area (TPSA) is 134 Å². The maximum atomic E-state index is 12.6. The first-order chi connectivity index (χ1) is 15.8. The molecule has 0 bridgehead atoms. The largest absolute Gasteiger partial charge is 0.475 e. The lowest BCUT2D eigenvalue weighted by Gasteiger charge is -2.14. The molecule has 0 unspecified atom stereocenters. The number of nitrogens with one attached hydrogen (secondary N) is 1. The van der Waals surface area contributed by atoms with Crippen LogP contribution in [0.15, 0.2) is 24.3 Å². The van der Waals surface area contributed by atoms with E-state index in [-0.39, 0.29) is 17.5 Å². The summed E-state index contributed by atoms with van der Waals surface area (Å²) < 4.78 is 15.4. The molecule has 0 radical (unpaired) electrons. The predicted molar refractivity (Wildman–Crippen MR) is 120 cm³/mol. The number of rotatable bonds is 9. The minimum Gasteiger partial charge on any atom is -0.475 e. The van der Waals surface area contributed by atoms with Gasteiger partial charge in [0, 0.05) is 10.9 Å². The van der Waals surface area contributed by atoms with Crippen LogP contribution < -0.4 is 10.1 Å². The van der Waals surface area contributed by atoms with Crippen molar-refractivity contribution < 1.29 is 33.5 Å². The van der Waals surface area contributed by atoms with Crippen LogP contribution in [-0.2, 0) is 31.9 Å². The van der Waals surface area contributed by atoms with Crippen LogP contribution in [0.25, 0.3) is 0 Å². The molecule has 1 amide bonds. The molecular formula is C22H24N2O8S. The van der Waals surface area contributed by atoms with Gasteiger partial charge in [-0.2, -0.15) is 0 Å². The lowest BCUT2D eigenvalue weighted by atomic mass is 9.95. The minimum atomic E-state index is -0.867. The number of anilines is 1. The first kappa shape index (κ1) is 24.2. The van der Waals surface area contributed by atoms with Gasteiger partial charge in [-0.3, -0.25) is 14.9 Å². The normalized spacial score (nSPS) is 12.6. The lowest BCUT2D eigenvalue weighted by molar-refractivity contribution is -0.385. The van der Waals surface area contributed by atoms with Crippen molar-refractivity contribution in [1.82, 2.24) is 0 Å². The zero-order valence-electron chi connectivity index (χ0n) is 18.3. The number of benzene rings is 1. The molecule has 0 saturated carbocycles. The van der Waals surface area contributed by atoms with E-state index in [0.717, 1.165) is 36.1 Å². The van der Waals surface area contributed by atoms with Crippen molar-refractivity contribution in [2.24, 2.45) is 0 Å². The third kappa shape index (κ3) is 6.28. The minimum absolute atomic E-state index is 0.0821. The van der Waals surface area contributed by atoms with Gasteiger partial charge in [0.1, 0.15) is 5.00 Å². The second-order valence-electron chi connectivity index (χ2n) is 7.59. The summed E-state index contributed by atoms with van der Waals surface area (Å²) in [5.74, 6) is -2.06. The van der Waals surface area contributed by atoms with Gasteiger partial charge in [-0.15, -0.1) is 11.3 Å². The summed E-state index contributed by atoms with van der Waals surface area (Å²) >= 11 is 1.33. The Kier molecular flexibility index (Phi) is 7.99. The third-order valence-electron chi connectivity index (χ3n) is 4.74. The number of hydrogen-bond donors (Lipinski definition) is 1. The maximum Gasteiger partial charge on any atom is 0.344 e. The average Bonchev–Trinajstić information content (AvgIpc) is 3.13. The SMILES string of the molecule is CC(C)OC(=O)c1c(NC(=O)COC(=O)COc2ccccc2[N+](=O)[O-])sc2c1CCCC2. The Labute approximate surface area is 194 Å². The van der Waals surface area contributed by atoms with Crippen molar-refractivity contribution in [3.8, 4) is 5.75 Å². The lowest BCUT2D eigenvalue weighted by Crippen LogP contribution is -2.24. The summed E-state index contributed by atoms with van der Waals surface area (Å²) in [6, 6.07) is 5.61. The molecule has 0 saturated heterocycles. The van der Waals surface area contributed by atoms with Gasteiger partial charge >= 0.3 is 17.6 Å². The monoisotopic (exact) mass is 476 g/mol. The van der Waals surface area contributed by atoms with E-state index in [1.54, 1.807) is 13.8 Å². The number of carbonyl (C=O) groups is 3. The van der Waals surface area contributed by atoms with E-state index < -0.39 is 36.0 Å². The van der Waals surface area contributed by atoms with Crippen molar-refractivity contribution in [2.45, 2.75) is 45.6 Å². The number of ether oxygens (including phenoxy) is 3. The Bertz CT molecular complexity index is 1060. The van der Waals surface area contributed by atoms with Crippen LogP contribution in [0.3, 0.4) is 0 Å². The fourth-order valence-electron chi connectivity index (χ4n) is 3.36. The highest BCUT2D eigenvalue weighted by Gasteiger charge is 2.28. The number of aryl methyl sites for hydroxylation is 1. The molecule has 1 heterocycles. The summed E-state index contributed by atoms with van der Waals surface area (Å²) in [5.41, 5.74) is 0.982. The zero-order valence-corrected chi connectivity index (χ0v) is 19.1. The Hall–Kier alpha value is -3.47. The van der Waals surface area contributed by atoms with Gasteiger partial charge in [0.2, 0.25) is 0 Å². The number of carbonyl (C=O) groups excluding carboxylic acids is 3. The molecule has 1 aromatic carbocycles. The van der Waals surface area contributed by atoms with Crippen molar-refractivity contribution >= 4 is 39.9 Å². The summed E-state index contributed by atoms with van der Waals surface area (Å²) in [6.45, 7) is 2.30. The Balaban J connectivity index is 1.59. The number of hydrogen-bond acceptors (Lipinski definition) is 9. The van der Waals surface area contributed by atoms with Crippen molar-refractivity contribution in [3.05, 3.63) is 50.4 Å². The molecular weight excluding hydrogens is 452 g/mol. The van der Waals surface area contributed by atoms with E-state index in [4.69, 9.17) is 14.2 Å². The number of amides is 1. The van der Waals surface area contributed by atoms with E-state index in [1.807, 2.05) is 0 Å². The summed E-state index contributed by atoms with van der Waals surface area (Å²) in [7, 11) is 0. The standard InChI is InChI=1S/C22H24N2O8S/c1-13(2)32-22(27)20-14-7-3-6-10-17(14)33-21(20)23-18(25)11-31-19(26)12-30-16-9-5-4-8-15(16)24(28)29/h4-5,8-9,13H,3,6-7,10-12H2,1-2H3,(H,23,25). The van der Waals surface area contributed by atoms with Crippen LogP contribution in [0.2, 0.25) is 0 Å². The number of nitro benzene ring substituents is 1. The summed E-state index contributed by atoms with van der Waals surface area (Å²) in [6.07, 6.45) is 3.23. The van der Waals surface area contributed by atoms with Gasteiger partial charge in [0.05, 0.1) is 16.6 Å². The number of para-hydroxylation sites is 2. The molecule has 10 nitrogen and oxygen atoms in total. The molecule has 0 atom stereocenters. The van der Waals surface area contributed by atoms with E-state index in [9.17, 15) is 24.5 Å². The Morgan fingerprint density at radius 2 is 1.88 bits per heavy atom. The van der Waals surface area contributed by atoms with Gasteiger partial charge in [0.15, 0.2) is 19.0 Å². The van der Waals surface area contributed by atoms with Gasteiger partial charge in [-0.1, -0.05) is 12.1 Å². The zero-order chi connectivity index (χ0) is 24.0. The molecule has 1 aliphatic rings. The van der Waals surface area contributed by atoms with Gasteiger partial charge in [-0.05, 0) is 51.2 Å². The van der Waals surface area contributed by atoms with Gasteiger partial charge in [-0.25, -0.2) is 9.59 Å². The van der Waals surface area contributed by atoms with Crippen LogP contribution in [-0.4, -0.2) is 42.1 Å². The first-order valence-corrected chi connectivity index (χ1v) is 11.2. The molecule has 2 aromatic rings. The number of nitrogens with zero attached hydrogens (tertiary/aromatic N) is 1. The Morgan fingerprint density at radius 1 is 1.15 bits per heavy atom. The van der Waals surface area contributed by atoms with Gasteiger partial charge in [0.25, 0.3) is 5.91 Å². The molecule has 33 heavy (non-hydrogen) atoms. The van der Waals surface area contributed by atoms with Crippen molar-refractivity contribution in [3.63, 3.8) is 0 Å². The fourth-order valence-corrected chi connectivity index (χ4v) is 4.65. The second kappa shape index (κ2) is 10.9. The second-order valence-corrected chi connectivity index (χ2v) is 8.70. The molecule has 0 fully saturated rings. The molecule has 0 spiro atoms. The number of nitro groups is 1. The fraction of sp³-hybridized carbons (Fsp3) is 0.409. The van der Waals surface area contributed by atoms with E-state index in [0.29, 0.717) is 10.6 Å². The predicted octanol–water partition coefficient (Wildman–Crippen LogP) is 3.66. The molecule has 1 aliphatic carbocycles. The van der Waals surface area contributed by atoms with Crippen molar-refractivity contribution in [1.29, 1.82) is 0 Å². The highest BCUT2D eigenvalue weighted by Crippen LogP contribution is 2.38.